The molecule has 3 aromatic rings. The lowest BCUT2D eigenvalue weighted by Crippen LogP contribution is -2.36. The average Bonchev–Trinajstić information content (AvgIpc) is 3.34. The van der Waals surface area contributed by atoms with E-state index in [1.165, 1.54) is 28.9 Å². The monoisotopic (exact) mass is 661 g/mol. The molecule has 7 heteroatoms. The molecule has 0 saturated heterocycles. The summed E-state index contributed by atoms with van der Waals surface area (Å²) in [4.78, 5) is 36.1. The van der Waals surface area contributed by atoms with E-state index in [1.807, 2.05) is 42.9 Å². The first-order valence-electron chi connectivity index (χ1n) is 18.3. The van der Waals surface area contributed by atoms with Crippen LogP contribution in [-0.2, 0) is 38.1 Å². The van der Waals surface area contributed by atoms with E-state index >= 15 is 0 Å². The van der Waals surface area contributed by atoms with Crippen molar-refractivity contribution in [2.75, 3.05) is 0 Å². The zero-order chi connectivity index (χ0) is 35.8. The predicted octanol–water partition coefficient (Wildman–Crippen LogP) is 8.59. The van der Waals surface area contributed by atoms with Crippen LogP contribution in [0.4, 0.5) is 4.39 Å². The Bertz CT molecular complexity index is 1820. The fourth-order valence-corrected chi connectivity index (χ4v) is 7.72. The molecule has 6 heterocycles. The largest absolute Gasteiger partial charge is 0.312 e. The molecule has 0 saturated carbocycles. The molecule has 0 aromatic carbocycles. The molecule has 3 aliphatic rings. The smallest absolute Gasteiger partial charge is 0.253 e. The number of hydrogen-bond acceptors (Lipinski definition) is 3. The Balaban J connectivity index is 0.000000163. The van der Waals surface area contributed by atoms with Gasteiger partial charge in [0.1, 0.15) is 5.67 Å². The van der Waals surface area contributed by atoms with Crippen molar-refractivity contribution in [1.82, 2.24) is 13.7 Å². The van der Waals surface area contributed by atoms with E-state index in [0.29, 0.717) is 47.9 Å². The van der Waals surface area contributed by atoms with Gasteiger partial charge in [-0.15, -0.1) is 0 Å². The van der Waals surface area contributed by atoms with Crippen LogP contribution in [0, 0.1) is 32.6 Å². The standard InChI is InChI=1S/C15H23NO.C13H18FNO.C13H19NO/c1-9(2)13-6-11(4)15(17)16-8-12(5)10(3)7-14(13)16;1-8(2)10-7-9(3)12(16)15-6-5-13(4,14)11(10)15;1-9(2)11-8-10(3)13(15)14-7-5-4-6-12(11)14/h6,9-10,12H,7-8H2,1-5H3;7-8H,5-6H2,1-4H3;8-9H,4-7H2,1-3H3. The predicted molar refractivity (Wildman–Crippen MR) is 197 cm³/mol. The van der Waals surface area contributed by atoms with E-state index in [2.05, 4.69) is 53.7 Å². The highest BCUT2D eigenvalue weighted by Crippen LogP contribution is 2.39. The molecule has 6 nitrogen and oxygen atoms in total. The van der Waals surface area contributed by atoms with Crippen LogP contribution in [0.2, 0.25) is 0 Å². The second-order valence-electron chi connectivity index (χ2n) is 15.9. The highest BCUT2D eigenvalue weighted by atomic mass is 19.1. The molecule has 0 N–H and O–H groups in total. The first-order valence-corrected chi connectivity index (χ1v) is 18.3. The molecule has 3 aromatic heterocycles. The lowest BCUT2D eigenvalue weighted by molar-refractivity contribution is 0.192. The molecule has 0 bridgehead atoms. The van der Waals surface area contributed by atoms with Gasteiger partial charge in [0.05, 0.1) is 5.69 Å². The van der Waals surface area contributed by atoms with Crippen LogP contribution in [0.3, 0.4) is 0 Å². The number of halogens is 1. The molecule has 0 fully saturated rings. The number of aromatic nitrogens is 3. The van der Waals surface area contributed by atoms with E-state index in [0.717, 1.165) is 49.0 Å². The summed E-state index contributed by atoms with van der Waals surface area (Å²) in [5.74, 6) is 2.53. The van der Waals surface area contributed by atoms with Gasteiger partial charge >= 0.3 is 0 Å². The van der Waals surface area contributed by atoms with Crippen molar-refractivity contribution in [3.8, 4) is 0 Å². The second kappa shape index (κ2) is 14.7. The van der Waals surface area contributed by atoms with Gasteiger partial charge in [0, 0.05) is 54.1 Å². The van der Waals surface area contributed by atoms with Crippen LogP contribution in [0.25, 0.3) is 0 Å². The molecule has 48 heavy (non-hydrogen) atoms. The number of aryl methyl sites for hydroxylation is 3. The van der Waals surface area contributed by atoms with Gasteiger partial charge in [-0.1, -0.05) is 55.4 Å². The highest BCUT2D eigenvalue weighted by Gasteiger charge is 2.38. The third kappa shape index (κ3) is 7.50. The summed E-state index contributed by atoms with van der Waals surface area (Å²) in [5.41, 5.74) is 8.39. The molecule has 264 valence electrons. The molecule has 0 spiro atoms. The van der Waals surface area contributed by atoms with Gasteiger partial charge in [-0.3, -0.25) is 14.4 Å². The maximum atomic E-state index is 14.4. The second-order valence-corrected chi connectivity index (χ2v) is 15.9. The van der Waals surface area contributed by atoms with Crippen LogP contribution in [0.5, 0.6) is 0 Å². The summed E-state index contributed by atoms with van der Waals surface area (Å²) in [6, 6.07) is 6.04. The Morgan fingerprint density at radius 2 is 1.15 bits per heavy atom. The van der Waals surface area contributed by atoms with Crippen LogP contribution in [0.15, 0.2) is 32.6 Å². The fourth-order valence-electron chi connectivity index (χ4n) is 7.72. The number of alkyl halides is 1. The third-order valence-corrected chi connectivity index (χ3v) is 10.9. The lowest BCUT2D eigenvalue weighted by Gasteiger charge is -2.32. The van der Waals surface area contributed by atoms with Gasteiger partial charge in [0.15, 0.2) is 0 Å². The molecular formula is C41H60FN3O3. The van der Waals surface area contributed by atoms with Crippen molar-refractivity contribution in [3.05, 3.63) is 99.7 Å². The Morgan fingerprint density at radius 1 is 0.667 bits per heavy atom. The minimum atomic E-state index is -1.35. The third-order valence-electron chi connectivity index (χ3n) is 10.9. The molecule has 3 unspecified atom stereocenters. The van der Waals surface area contributed by atoms with E-state index in [9.17, 15) is 18.8 Å². The molecule has 3 aliphatic heterocycles. The first kappa shape index (κ1) is 37.6. The number of pyridine rings is 3. The molecule has 0 amide bonds. The zero-order valence-electron chi connectivity index (χ0n) is 31.7. The van der Waals surface area contributed by atoms with Crippen molar-refractivity contribution in [3.63, 3.8) is 0 Å². The number of hydrogen-bond donors (Lipinski definition) is 0. The molecule has 0 aliphatic carbocycles. The van der Waals surface area contributed by atoms with Crippen molar-refractivity contribution in [1.29, 1.82) is 0 Å². The summed E-state index contributed by atoms with van der Waals surface area (Å²) in [7, 11) is 0. The number of rotatable bonds is 3. The molecule has 3 atom stereocenters. The normalized spacial score (nSPS) is 21.2. The Labute approximate surface area is 287 Å². The minimum Gasteiger partial charge on any atom is -0.312 e. The Morgan fingerprint density at radius 3 is 1.69 bits per heavy atom. The van der Waals surface area contributed by atoms with Crippen molar-refractivity contribution < 1.29 is 4.39 Å². The van der Waals surface area contributed by atoms with Crippen LogP contribution < -0.4 is 16.7 Å². The molecule has 0 radical (unpaired) electrons. The van der Waals surface area contributed by atoms with E-state index in [-0.39, 0.29) is 22.6 Å². The van der Waals surface area contributed by atoms with Crippen LogP contribution in [-0.4, -0.2) is 13.7 Å². The van der Waals surface area contributed by atoms with Gasteiger partial charge < -0.3 is 13.7 Å². The van der Waals surface area contributed by atoms with Gasteiger partial charge in [-0.05, 0) is 118 Å². The van der Waals surface area contributed by atoms with Gasteiger partial charge in [0.2, 0.25) is 0 Å². The summed E-state index contributed by atoms with van der Waals surface area (Å²) in [5, 5.41) is 0. The van der Waals surface area contributed by atoms with Crippen LogP contribution in [0.1, 0.15) is 150 Å². The average molecular weight is 662 g/mol. The van der Waals surface area contributed by atoms with E-state index < -0.39 is 5.67 Å². The first-order chi connectivity index (χ1) is 22.4. The SMILES string of the molecule is Cc1cc(C(C)C)c2n(c1=O)CC(C)C(C)C2.Cc1cc(C(C)C)c2n(c1=O)CCC2(C)F.Cc1cc(C(C)C)c2n(c1=O)CCCC2. The van der Waals surface area contributed by atoms with Gasteiger partial charge in [-0.25, -0.2) is 4.39 Å². The topological polar surface area (TPSA) is 66.0 Å². The quantitative estimate of drug-likeness (QED) is 0.282. The van der Waals surface area contributed by atoms with E-state index in [4.69, 9.17) is 0 Å². The zero-order valence-corrected chi connectivity index (χ0v) is 31.7. The van der Waals surface area contributed by atoms with Crippen molar-refractivity contribution in [2.24, 2.45) is 11.8 Å². The summed E-state index contributed by atoms with van der Waals surface area (Å²) in [6.45, 7) is 27.0. The lowest BCUT2D eigenvalue weighted by atomic mass is 9.84. The van der Waals surface area contributed by atoms with Gasteiger partial charge in [-0.2, -0.15) is 0 Å². The van der Waals surface area contributed by atoms with Gasteiger partial charge in [0.25, 0.3) is 16.7 Å². The maximum absolute atomic E-state index is 14.4. The molecular weight excluding hydrogens is 601 g/mol. The number of fused-ring (bicyclic) bond motifs is 3. The summed E-state index contributed by atoms with van der Waals surface area (Å²) < 4.78 is 20.0. The van der Waals surface area contributed by atoms with Crippen molar-refractivity contribution >= 4 is 0 Å². The highest BCUT2D eigenvalue weighted by molar-refractivity contribution is 5.35. The van der Waals surface area contributed by atoms with Crippen LogP contribution >= 0.6 is 0 Å². The summed E-state index contributed by atoms with van der Waals surface area (Å²) in [6.07, 6.45) is 4.90. The maximum Gasteiger partial charge on any atom is 0.253 e. The van der Waals surface area contributed by atoms with Crippen molar-refractivity contribution in [2.45, 2.75) is 158 Å². The Kier molecular flexibility index (Phi) is 11.5. The fraction of sp³-hybridized carbons (Fsp3) is 0.634. The summed E-state index contributed by atoms with van der Waals surface area (Å²) >= 11 is 0. The number of nitrogens with zero attached hydrogens (tertiary/aromatic N) is 3. The Hall–Kier alpha value is -3.22. The molecule has 6 rings (SSSR count). The minimum absolute atomic E-state index is 0.0409. The van der Waals surface area contributed by atoms with E-state index in [1.54, 1.807) is 18.4 Å².